The van der Waals surface area contributed by atoms with E-state index in [0.29, 0.717) is 0 Å². The summed E-state index contributed by atoms with van der Waals surface area (Å²) in [6.45, 7) is 3.65. The van der Waals surface area contributed by atoms with Crippen LogP contribution in [0.4, 0.5) is 0 Å². The highest BCUT2D eigenvalue weighted by molar-refractivity contribution is 9.10. The van der Waals surface area contributed by atoms with Gasteiger partial charge in [-0.25, -0.2) is 0 Å². The molecule has 88 valence electrons. The van der Waals surface area contributed by atoms with Crippen LogP contribution in [0.2, 0.25) is 0 Å². The summed E-state index contributed by atoms with van der Waals surface area (Å²) in [5.74, 6) is 0. The molecular formula is C13H14BrN3. The minimum atomic E-state index is 0.735. The Morgan fingerprint density at radius 3 is 2.82 bits per heavy atom. The third-order valence-corrected chi connectivity index (χ3v) is 3.35. The van der Waals surface area contributed by atoms with Crippen LogP contribution in [0.15, 0.2) is 41.0 Å². The monoisotopic (exact) mass is 291 g/mol. The fourth-order valence-electron chi connectivity index (χ4n) is 1.51. The van der Waals surface area contributed by atoms with Crippen LogP contribution in [0.1, 0.15) is 16.8 Å². The van der Waals surface area contributed by atoms with Crippen molar-refractivity contribution in [1.82, 2.24) is 15.5 Å². The van der Waals surface area contributed by atoms with E-state index < -0.39 is 0 Å². The molecule has 3 nitrogen and oxygen atoms in total. The normalized spacial score (nSPS) is 10.5. The van der Waals surface area contributed by atoms with Crippen molar-refractivity contribution >= 4 is 15.9 Å². The molecule has 0 aliphatic carbocycles. The van der Waals surface area contributed by atoms with Gasteiger partial charge in [0.2, 0.25) is 0 Å². The molecule has 0 saturated carbocycles. The molecule has 0 saturated heterocycles. The van der Waals surface area contributed by atoms with Crippen molar-refractivity contribution in [2.75, 3.05) is 0 Å². The van der Waals surface area contributed by atoms with E-state index >= 15 is 0 Å². The van der Waals surface area contributed by atoms with Gasteiger partial charge < -0.3 is 5.32 Å². The molecule has 0 unspecified atom stereocenters. The van der Waals surface area contributed by atoms with Crippen molar-refractivity contribution < 1.29 is 0 Å². The minimum Gasteiger partial charge on any atom is -0.307 e. The van der Waals surface area contributed by atoms with E-state index in [9.17, 15) is 0 Å². The average Bonchev–Trinajstić information content (AvgIpc) is 2.35. The number of hydrogen-bond donors (Lipinski definition) is 1. The van der Waals surface area contributed by atoms with Crippen LogP contribution in [0.3, 0.4) is 0 Å². The molecular weight excluding hydrogens is 278 g/mol. The summed E-state index contributed by atoms with van der Waals surface area (Å²) in [5.41, 5.74) is 3.47. The minimum absolute atomic E-state index is 0.735. The van der Waals surface area contributed by atoms with E-state index in [-0.39, 0.29) is 0 Å². The van der Waals surface area contributed by atoms with Crippen molar-refractivity contribution in [3.05, 3.63) is 57.8 Å². The Hall–Kier alpha value is -1.26. The van der Waals surface area contributed by atoms with E-state index in [2.05, 4.69) is 56.6 Å². The van der Waals surface area contributed by atoms with Gasteiger partial charge in [0.1, 0.15) is 0 Å². The molecule has 1 aromatic carbocycles. The number of benzene rings is 1. The summed E-state index contributed by atoms with van der Waals surface area (Å²) in [7, 11) is 0. The van der Waals surface area contributed by atoms with Gasteiger partial charge in [0.25, 0.3) is 0 Å². The molecule has 2 rings (SSSR count). The van der Waals surface area contributed by atoms with E-state index in [1.165, 1.54) is 11.1 Å². The Kier molecular flexibility index (Phi) is 4.23. The third kappa shape index (κ3) is 3.61. The largest absolute Gasteiger partial charge is 0.307 e. The second kappa shape index (κ2) is 5.89. The van der Waals surface area contributed by atoms with Gasteiger partial charge in [-0.3, -0.25) is 0 Å². The molecule has 0 radical (unpaired) electrons. The van der Waals surface area contributed by atoms with Crippen molar-refractivity contribution in [3.63, 3.8) is 0 Å². The Labute approximate surface area is 109 Å². The topological polar surface area (TPSA) is 37.8 Å². The van der Waals surface area contributed by atoms with Gasteiger partial charge in [0.15, 0.2) is 0 Å². The fourth-order valence-corrected chi connectivity index (χ4v) is 1.94. The van der Waals surface area contributed by atoms with Crippen molar-refractivity contribution in [2.45, 2.75) is 20.0 Å². The van der Waals surface area contributed by atoms with Gasteiger partial charge in [-0.1, -0.05) is 28.1 Å². The lowest BCUT2D eigenvalue weighted by Crippen LogP contribution is -2.13. The van der Waals surface area contributed by atoms with Crippen LogP contribution >= 0.6 is 15.9 Å². The molecule has 0 atom stereocenters. The van der Waals surface area contributed by atoms with Gasteiger partial charge in [-0.05, 0) is 36.2 Å². The van der Waals surface area contributed by atoms with Crippen LogP contribution in [0.25, 0.3) is 0 Å². The smallest absolute Gasteiger partial charge is 0.0769 e. The Morgan fingerprint density at radius 2 is 2.12 bits per heavy atom. The number of hydrogen-bond acceptors (Lipinski definition) is 3. The highest BCUT2D eigenvalue weighted by Crippen LogP contribution is 2.17. The maximum absolute atomic E-state index is 4.02. The molecule has 4 heteroatoms. The molecule has 0 bridgehead atoms. The second-order valence-electron chi connectivity index (χ2n) is 3.90. The predicted molar refractivity (Wildman–Crippen MR) is 71.5 cm³/mol. The van der Waals surface area contributed by atoms with Gasteiger partial charge in [-0.15, -0.1) is 0 Å². The number of halogens is 1. The molecule has 0 aliphatic heterocycles. The summed E-state index contributed by atoms with van der Waals surface area (Å²) in [6, 6.07) is 10.2. The highest BCUT2D eigenvalue weighted by atomic mass is 79.9. The van der Waals surface area contributed by atoms with E-state index in [1.54, 1.807) is 6.20 Å². The average molecular weight is 292 g/mol. The standard InChI is InChI=1S/C13H14BrN3/c1-10-4-5-11(7-13(10)14)8-15-9-12-3-2-6-16-17-12/h2-7,15H,8-9H2,1H3. The summed E-state index contributed by atoms with van der Waals surface area (Å²) in [5, 5.41) is 11.2. The first kappa shape index (κ1) is 12.2. The molecule has 1 aromatic heterocycles. The van der Waals surface area contributed by atoms with E-state index in [1.807, 2.05) is 12.1 Å². The molecule has 0 aliphatic rings. The predicted octanol–water partition coefficient (Wildman–Crippen LogP) is 2.84. The Balaban J connectivity index is 1.88. The SMILES string of the molecule is Cc1ccc(CNCc2cccnn2)cc1Br. The zero-order valence-electron chi connectivity index (χ0n) is 9.65. The van der Waals surface area contributed by atoms with E-state index in [4.69, 9.17) is 0 Å². The van der Waals surface area contributed by atoms with Gasteiger partial charge in [-0.2, -0.15) is 10.2 Å². The van der Waals surface area contributed by atoms with Crippen molar-refractivity contribution in [1.29, 1.82) is 0 Å². The third-order valence-electron chi connectivity index (χ3n) is 2.50. The van der Waals surface area contributed by atoms with Gasteiger partial charge >= 0.3 is 0 Å². The first-order chi connectivity index (χ1) is 8.25. The zero-order valence-corrected chi connectivity index (χ0v) is 11.2. The Bertz CT molecular complexity index is 485. The lowest BCUT2D eigenvalue weighted by molar-refractivity contribution is 0.670. The quantitative estimate of drug-likeness (QED) is 0.941. The summed E-state index contributed by atoms with van der Waals surface area (Å²) in [4.78, 5) is 0. The van der Waals surface area contributed by atoms with Crippen molar-refractivity contribution in [2.24, 2.45) is 0 Å². The molecule has 2 aromatic rings. The maximum atomic E-state index is 4.02. The molecule has 1 heterocycles. The first-order valence-corrected chi connectivity index (χ1v) is 6.27. The van der Waals surface area contributed by atoms with Gasteiger partial charge in [0, 0.05) is 23.8 Å². The summed E-state index contributed by atoms with van der Waals surface area (Å²) >= 11 is 3.53. The maximum Gasteiger partial charge on any atom is 0.0769 e. The van der Waals surface area contributed by atoms with Crippen LogP contribution < -0.4 is 5.32 Å². The molecule has 0 spiro atoms. The molecule has 17 heavy (non-hydrogen) atoms. The fraction of sp³-hybridized carbons (Fsp3) is 0.231. The zero-order chi connectivity index (χ0) is 12.1. The number of aryl methyl sites for hydroxylation is 1. The lowest BCUT2D eigenvalue weighted by Gasteiger charge is -2.06. The summed E-state index contributed by atoms with van der Waals surface area (Å²) < 4.78 is 1.15. The molecule has 1 N–H and O–H groups in total. The first-order valence-electron chi connectivity index (χ1n) is 5.48. The molecule has 0 fully saturated rings. The van der Waals surface area contributed by atoms with Crippen LogP contribution in [0, 0.1) is 6.92 Å². The highest BCUT2D eigenvalue weighted by Gasteiger charge is 1.98. The van der Waals surface area contributed by atoms with Crippen molar-refractivity contribution in [3.8, 4) is 0 Å². The summed E-state index contributed by atoms with van der Waals surface area (Å²) in [6.07, 6.45) is 1.68. The van der Waals surface area contributed by atoms with E-state index in [0.717, 1.165) is 23.3 Å². The van der Waals surface area contributed by atoms with Crippen LogP contribution in [-0.4, -0.2) is 10.2 Å². The number of aromatic nitrogens is 2. The second-order valence-corrected chi connectivity index (χ2v) is 4.76. The number of nitrogens with zero attached hydrogens (tertiary/aromatic N) is 2. The van der Waals surface area contributed by atoms with Crippen LogP contribution in [-0.2, 0) is 13.1 Å². The number of rotatable bonds is 4. The molecule has 0 amide bonds. The Morgan fingerprint density at radius 1 is 1.24 bits per heavy atom. The number of nitrogens with one attached hydrogen (secondary N) is 1. The lowest BCUT2D eigenvalue weighted by atomic mass is 10.1. The van der Waals surface area contributed by atoms with Crippen LogP contribution in [0.5, 0.6) is 0 Å². The van der Waals surface area contributed by atoms with Gasteiger partial charge in [0.05, 0.1) is 5.69 Å².